The number of nitrogens with two attached hydrogens (primary N) is 1. The zero-order valence-electron chi connectivity index (χ0n) is 20.6. The Morgan fingerprint density at radius 3 is 2.58 bits per heavy atom. The van der Waals surface area contributed by atoms with Crippen LogP contribution < -0.4 is 15.8 Å². The molecule has 0 aliphatic carbocycles. The third kappa shape index (κ3) is 6.51. The number of thiophene rings is 1. The average Bonchev–Trinajstić information content (AvgIpc) is 3.46. The molecule has 2 amide bonds. The van der Waals surface area contributed by atoms with Gasteiger partial charge in [-0.1, -0.05) is 48.5 Å². The van der Waals surface area contributed by atoms with Crippen LogP contribution >= 0.6 is 11.3 Å². The summed E-state index contributed by atoms with van der Waals surface area (Å²) in [6.45, 7) is 2.73. The highest BCUT2D eigenvalue weighted by Crippen LogP contribution is 2.28. The monoisotopic (exact) mass is 506 g/mol. The molecular formula is C28H34N4O3S. The van der Waals surface area contributed by atoms with E-state index in [0.29, 0.717) is 37.5 Å². The molecule has 8 heteroatoms. The summed E-state index contributed by atoms with van der Waals surface area (Å²) in [6, 6.07) is 21.7. The van der Waals surface area contributed by atoms with E-state index in [0.717, 1.165) is 24.3 Å². The fraction of sp³-hybridized carbons (Fsp3) is 0.357. The molecule has 190 valence electrons. The van der Waals surface area contributed by atoms with Crippen LogP contribution in [0.3, 0.4) is 0 Å². The fourth-order valence-corrected chi connectivity index (χ4v) is 5.44. The van der Waals surface area contributed by atoms with Crippen molar-refractivity contribution >= 4 is 23.2 Å². The molecule has 0 saturated carbocycles. The van der Waals surface area contributed by atoms with Crippen LogP contribution in [-0.4, -0.2) is 60.4 Å². The lowest BCUT2D eigenvalue weighted by molar-refractivity contribution is -0.127. The predicted molar refractivity (Wildman–Crippen MR) is 143 cm³/mol. The molecule has 2 atom stereocenters. The molecule has 3 N–H and O–H groups in total. The van der Waals surface area contributed by atoms with Gasteiger partial charge in [-0.3, -0.25) is 14.5 Å². The Labute approximate surface area is 216 Å². The number of rotatable bonds is 10. The summed E-state index contributed by atoms with van der Waals surface area (Å²) in [5, 5.41) is 4.80. The van der Waals surface area contributed by atoms with E-state index in [1.165, 1.54) is 16.9 Å². The Hall–Kier alpha value is -3.20. The van der Waals surface area contributed by atoms with Crippen molar-refractivity contribution in [2.75, 3.05) is 26.7 Å². The van der Waals surface area contributed by atoms with Gasteiger partial charge in [-0.25, -0.2) is 0 Å². The molecule has 7 nitrogen and oxygen atoms in total. The van der Waals surface area contributed by atoms with Crippen molar-refractivity contribution in [3.63, 3.8) is 0 Å². The van der Waals surface area contributed by atoms with Crippen molar-refractivity contribution in [1.29, 1.82) is 0 Å². The molecule has 2 aromatic carbocycles. The number of likely N-dealkylation sites (tertiary alicyclic amines) is 1. The predicted octanol–water partition coefficient (Wildman–Crippen LogP) is 3.51. The standard InChI is InChI=1S/C28H34N4O3S/c1-35-24-10-5-9-22(17-24)20-31(19-21-7-3-2-4-8-21)23-12-15-32(28(34)26-11-6-16-36-26)25(18-23)27(33)30-14-13-29/h2-11,16-17,23,25H,12-15,18-20,29H2,1H3,(H,30,33)/t23?,25-/m1/s1. The summed E-state index contributed by atoms with van der Waals surface area (Å²) in [4.78, 5) is 31.3. The van der Waals surface area contributed by atoms with Gasteiger partial charge in [0.1, 0.15) is 11.8 Å². The van der Waals surface area contributed by atoms with Crippen molar-refractivity contribution in [2.45, 2.75) is 38.0 Å². The van der Waals surface area contributed by atoms with Gasteiger partial charge in [0.05, 0.1) is 12.0 Å². The lowest BCUT2D eigenvalue weighted by Crippen LogP contribution is -2.57. The normalized spacial score (nSPS) is 17.7. The van der Waals surface area contributed by atoms with E-state index >= 15 is 0 Å². The summed E-state index contributed by atoms with van der Waals surface area (Å²) in [6.07, 6.45) is 1.35. The molecular weight excluding hydrogens is 472 g/mol. The first kappa shape index (κ1) is 25.9. The van der Waals surface area contributed by atoms with Crippen molar-refractivity contribution < 1.29 is 14.3 Å². The number of ether oxygens (including phenoxy) is 1. The third-order valence-electron chi connectivity index (χ3n) is 6.58. The van der Waals surface area contributed by atoms with Crippen molar-refractivity contribution in [3.8, 4) is 5.75 Å². The maximum atomic E-state index is 13.3. The largest absolute Gasteiger partial charge is 0.497 e. The van der Waals surface area contributed by atoms with E-state index < -0.39 is 6.04 Å². The van der Waals surface area contributed by atoms with E-state index in [1.807, 2.05) is 47.8 Å². The number of amides is 2. The van der Waals surface area contributed by atoms with Crippen LogP contribution in [0.4, 0.5) is 0 Å². The first-order valence-corrected chi connectivity index (χ1v) is 13.2. The molecule has 3 aromatic rings. The second-order valence-electron chi connectivity index (χ2n) is 8.99. The van der Waals surface area contributed by atoms with Crippen molar-refractivity contribution in [3.05, 3.63) is 88.1 Å². The van der Waals surface area contributed by atoms with Crippen LogP contribution in [0.1, 0.15) is 33.6 Å². The molecule has 4 rings (SSSR count). The molecule has 1 aliphatic rings. The van der Waals surface area contributed by atoms with Gasteiger partial charge in [0, 0.05) is 38.8 Å². The lowest BCUT2D eigenvalue weighted by Gasteiger charge is -2.43. The number of hydrogen-bond acceptors (Lipinski definition) is 6. The van der Waals surface area contributed by atoms with Crippen LogP contribution in [0.2, 0.25) is 0 Å². The highest BCUT2D eigenvalue weighted by atomic mass is 32.1. The Bertz CT molecular complexity index is 1120. The van der Waals surface area contributed by atoms with Gasteiger partial charge in [-0.2, -0.15) is 0 Å². The number of carbonyl (C=O) groups is 2. The average molecular weight is 507 g/mol. The van der Waals surface area contributed by atoms with Crippen molar-refractivity contribution in [1.82, 2.24) is 15.1 Å². The fourth-order valence-electron chi connectivity index (χ4n) is 4.76. The second kappa shape index (κ2) is 12.7. The van der Waals surface area contributed by atoms with Crippen LogP contribution in [0.5, 0.6) is 5.75 Å². The highest BCUT2D eigenvalue weighted by Gasteiger charge is 2.38. The molecule has 1 fully saturated rings. The van der Waals surface area contributed by atoms with Gasteiger partial charge in [-0.05, 0) is 47.5 Å². The van der Waals surface area contributed by atoms with Crippen molar-refractivity contribution in [2.24, 2.45) is 5.73 Å². The maximum Gasteiger partial charge on any atom is 0.264 e. The quantitative estimate of drug-likeness (QED) is 0.439. The molecule has 1 aromatic heterocycles. The smallest absolute Gasteiger partial charge is 0.264 e. The SMILES string of the molecule is COc1cccc(CN(Cc2ccccc2)C2CCN(C(=O)c3cccs3)[C@@H](C(=O)NCCN)C2)c1. The maximum absolute atomic E-state index is 13.3. The second-order valence-corrected chi connectivity index (χ2v) is 9.94. The summed E-state index contributed by atoms with van der Waals surface area (Å²) >= 11 is 1.41. The van der Waals surface area contributed by atoms with E-state index in [2.05, 4.69) is 34.5 Å². The van der Waals surface area contributed by atoms with Crippen LogP contribution in [0.15, 0.2) is 72.1 Å². The van der Waals surface area contributed by atoms with E-state index in [-0.39, 0.29) is 17.9 Å². The molecule has 1 aliphatic heterocycles. The lowest BCUT2D eigenvalue weighted by atomic mass is 9.93. The Morgan fingerprint density at radius 1 is 1.08 bits per heavy atom. The summed E-state index contributed by atoms with van der Waals surface area (Å²) in [5.41, 5.74) is 7.99. The van der Waals surface area contributed by atoms with Gasteiger partial charge in [0.25, 0.3) is 5.91 Å². The number of carbonyl (C=O) groups excluding carboxylic acids is 2. The Morgan fingerprint density at radius 2 is 1.86 bits per heavy atom. The number of piperidine rings is 1. The van der Waals surface area contributed by atoms with Crippen LogP contribution in [-0.2, 0) is 17.9 Å². The van der Waals surface area contributed by atoms with Gasteiger partial charge in [-0.15, -0.1) is 11.3 Å². The Balaban J connectivity index is 1.59. The summed E-state index contributed by atoms with van der Waals surface area (Å²) in [7, 11) is 1.67. The summed E-state index contributed by atoms with van der Waals surface area (Å²) < 4.78 is 5.44. The molecule has 2 heterocycles. The highest BCUT2D eigenvalue weighted by molar-refractivity contribution is 7.12. The van der Waals surface area contributed by atoms with E-state index in [1.54, 1.807) is 12.0 Å². The van der Waals surface area contributed by atoms with Gasteiger partial charge in [0.2, 0.25) is 5.91 Å². The zero-order valence-corrected chi connectivity index (χ0v) is 21.5. The number of benzene rings is 2. The summed E-state index contributed by atoms with van der Waals surface area (Å²) in [5.74, 6) is 0.595. The van der Waals surface area contributed by atoms with E-state index in [9.17, 15) is 9.59 Å². The Kier molecular flexibility index (Phi) is 9.11. The number of hydrogen-bond donors (Lipinski definition) is 2. The molecule has 36 heavy (non-hydrogen) atoms. The molecule has 1 saturated heterocycles. The number of nitrogens with one attached hydrogen (secondary N) is 1. The minimum Gasteiger partial charge on any atom is -0.497 e. The molecule has 0 spiro atoms. The first-order valence-electron chi connectivity index (χ1n) is 12.3. The molecule has 0 radical (unpaired) electrons. The van der Waals surface area contributed by atoms with E-state index in [4.69, 9.17) is 10.5 Å². The third-order valence-corrected chi connectivity index (χ3v) is 7.44. The van der Waals surface area contributed by atoms with Gasteiger partial charge < -0.3 is 20.7 Å². The zero-order chi connectivity index (χ0) is 25.3. The van der Waals surface area contributed by atoms with Gasteiger partial charge in [0.15, 0.2) is 0 Å². The number of methoxy groups -OCH3 is 1. The van der Waals surface area contributed by atoms with Gasteiger partial charge >= 0.3 is 0 Å². The topological polar surface area (TPSA) is 87.9 Å². The minimum atomic E-state index is -0.548. The van der Waals surface area contributed by atoms with Crippen LogP contribution in [0, 0.1) is 0 Å². The van der Waals surface area contributed by atoms with Crippen LogP contribution in [0.25, 0.3) is 0 Å². The molecule has 1 unspecified atom stereocenters. The first-order chi connectivity index (χ1) is 17.6. The number of nitrogens with zero attached hydrogens (tertiary/aromatic N) is 2. The molecule has 0 bridgehead atoms. The minimum absolute atomic E-state index is 0.0845.